The van der Waals surface area contributed by atoms with Gasteiger partial charge in [0, 0.05) is 6.42 Å². The van der Waals surface area contributed by atoms with Crippen LogP contribution >= 0.6 is 0 Å². The summed E-state index contributed by atoms with van der Waals surface area (Å²) in [6, 6.07) is 2.10. The Bertz CT molecular complexity index is 172. The average Bonchev–Trinajstić information content (AvgIpc) is 1.60. The molecular formula is C7H8FN. The Morgan fingerprint density at radius 3 is 2.33 bits per heavy atom. The number of rotatable bonds is 1. The van der Waals surface area contributed by atoms with E-state index in [1.165, 1.54) is 0 Å². The van der Waals surface area contributed by atoms with E-state index in [9.17, 15) is 4.39 Å². The summed E-state index contributed by atoms with van der Waals surface area (Å²) in [6.07, 6.45) is 2.55. The quantitative estimate of drug-likeness (QED) is 0.524. The van der Waals surface area contributed by atoms with Crippen molar-refractivity contribution in [2.75, 3.05) is 0 Å². The summed E-state index contributed by atoms with van der Waals surface area (Å²) in [5.41, 5.74) is -0.680. The second-order valence-electron chi connectivity index (χ2n) is 3.52. The van der Waals surface area contributed by atoms with Crippen LogP contribution in [0.5, 0.6) is 0 Å². The second kappa shape index (κ2) is 1.13. The maximum Gasteiger partial charge on any atom is 0.112 e. The maximum absolute atomic E-state index is 12.7. The van der Waals surface area contributed by atoms with E-state index in [0.29, 0.717) is 25.7 Å². The Labute approximate surface area is 53.5 Å². The van der Waals surface area contributed by atoms with Gasteiger partial charge in [-0.1, -0.05) is 0 Å². The molecule has 9 heavy (non-hydrogen) atoms. The van der Waals surface area contributed by atoms with Gasteiger partial charge in [0.25, 0.3) is 0 Å². The third-order valence-electron chi connectivity index (χ3n) is 2.53. The van der Waals surface area contributed by atoms with Gasteiger partial charge in [0.2, 0.25) is 0 Å². The maximum atomic E-state index is 12.7. The van der Waals surface area contributed by atoms with Crippen molar-refractivity contribution in [3.8, 4) is 6.07 Å². The van der Waals surface area contributed by atoms with Crippen molar-refractivity contribution in [1.29, 1.82) is 5.26 Å². The summed E-state index contributed by atoms with van der Waals surface area (Å²) in [4.78, 5) is 0. The second-order valence-corrected chi connectivity index (χ2v) is 3.52. The number of nitrogens with zero attached hydrogens (tertiary/aromatic N) is 1. The molecule has 3 aliphatic carbocycles. The molecule has 0 aliphatic heterocycles. The van der Waals surface area contributed by atoms with Crippen LogP contribution in [0.3, 0.4) is 0 Å². The molecule has 1 nitrogen and oxygen atoms in total. The first kappa shape index (κ1) is 5.22. The molecule has 0 saturated heterocycles. The molecule has 0 radical (unpaired) electrons. The number of nitriles is 1. The summed E-state index contributed by atoms with van der Waals surface area (Å²) in [5, 5.41) is 8.30. The standard InChI is InChI=1S/C7H8FN/c8-7-3-6(4-7,5-7)1-2-9/h1,3-5H2. The third kappa shape index (κ3) is 0.475. The largest absolute Gasteiger partial charge is 0.244 e. The fourth-order valence-electron chi connectivity index (χ4n) is 2.22. The molecular weight excluding hydrogens is 117 g/mol. The zero-order valence-electron chi connectivity index (χ0n) is 5.15. The van der Waals surface area contributed by atoms with E-state index in [2.05, 4.69) is 6.07 Å². The molecule has 0 atom stereocenters. The molecule has 0 aromatic heterocycles. The van der Waals surface area contributed by atoms with Crippen molar-refractivity contribution in [3.63, 3.8) is 0 Å². The lowest BCUT2D eigenvalue weighted by atomic mass is 9.41. The summed E-state index contributed by atoms with van der Waals surface area (Å²) in [7, 11) is 0. The Kier molecular flexibility index (Phi) is 0.658. The molecule has 2 heteroatoms. The van der Waals surface area contributed by atoms with E-state index in [4.69, 9.17) is 5.26 Å². The molecule has 3 saturated carbocycles. The molecule has 3 fully saturated rings. The van der Waals surface area contributed by atoms with Crippen LogP contribution < -0.4 is 0 Å². The monoisotopic (exact) mass is 125 g/mol. The first-order valence-corrected chi connectivity index (χ1v) is 3.24. The first-order chi connectivity index (χ1) is 4.18. The number of halogens is 1. The van der Waals surface area contributed by atoms with Crippen LogP contribution in [0.4, 0.5) is 4.39 Å². The van der Waals surface area contributed by atoms with Crippen LogP contribution in [0.1, 0.15) is 25.7 Å². The Morgan fingerprint density at radius 2 is 2.00 bits per heavy atom. The van der Waals surface area contributed by atoms with Crippen LogP contribution in [0, 0.1) is 16.7 Å². The topological polar surface area (TPSA) is 23.8 Å². The molecule has 0 aromatic rings. The molecule has 3 aliphatic rings. The van der Waals surface area contributed by atoms with Crippen molar-refractivity contribution in [3.05, 3.63) is 0 Å². The highest BCUT2D eigenvalue weighted by Crippen LogP contribution is 2.70. The number of hydrogen-bond acceptors (Lipinski definition) is 1. The van der Waals surface area contributed by atoms with Gasteiger partial charge in [0.15, 0.2) is 0 Å². The van der Waals surface area contributed by atoms with E-state index in [-0.39, 0.29) is 5.41 Å². The van der Waals surface area contributed by atoms with Crippen LogP contribution in [0.2, 0.25) is 0 Å². The smallest absolute Gasteiger partial charge is 0.112 e. The Balaban J connectivity index is 1.99. The number of alkyl halides is 1. The molecule has 2 bridgehead atoms. The van der Waals surface area contributed by atoms with E-state index in [1.54, 1.807) is 0 Å². The van der Waals surface area contributed by atoms with Crippen LogP contribution in [0.15, 0.2) is 0 Å². The zero-order valence-corrected chi connectivity index (χ0v) is 5.15. The van der Waals surface area contributed by atoms with Gasteiger partial charge >= 0.3 is 0 Å². The van der Waals surface area contributed by atoms with E-state index < -0.39 is 5.67 Å². The van der Waals surface area contributed by atoms with Crippen molar-refractivity contribution in [2.24, 2.45) is 5.41 Å². The summed E-state index contributed by atoms with van der Waals surface area (Å²) < 4.78 is 12.7. The van der Waals surface area contributed by atoms with Gasteiger partial charge < -0.3 is 0 Å². The minimum atomic E-state index is -0.823. The first-order valence-electron chi connectivity index (χ1n) is 3.24. The van der Waals surface area contributed by atoms with E-state index in [1.807, 2.05) is 0 Å². The van der Waals surface area contributed by atoms with E-state index >= 15 is 0 Å². The minimum Gasteiger partial charge on any atom is -0.244 e. The van der Waals surface area contributed by atoms with Gasteiger partial charge in [0.05, 0.1) is 6.07 Å². The van der Waals surface area contributed by atoms with Crippen molar-refractivity contribution in [2.45, 2.75) is 31.4 Å². The SMILES string of the molecule is N#CCC12CC(F)(C1)C2. The molecule has 0 heterocycles. The summed E-state index contributed by atoms with van der Waals surface area (Å²) in [5.74, 6) is 0. The lowest BCUT2D eigenvalue weighted by Crippen LogP contribution is -2.63. The highest BCUT2D eigenvalue weighted by molar-refractivity contribution is 5.20. The fraction of sp³-hybridized carbons (Fsp3) is 0.857. The highest BCUT2D eigenvalue weighted by Gasteiger charge is 2.68. The molecule has 0 spiro atoms. The van der Waals surface area contributed by atoms with Crippen molar-refractivity contribution in [1.82, 2.24) is 0 Å². The van der Waals surface area contributed by atoms with Crippen molar-refractivity contribution < 1.29 is 4.39 Å². The highest BCUT2D eigenvalue weighted by atomic mass is 19.1. The van der Waals surface area contributed by atoms with Gasteiger partial charge in [0.1, 0.15) is 5.67 Å². The van der Waals surface area contributed by atoms with Crippen LogP contribution in [-0.2, 0) is 0 Å². The zero-order chi connectivity index (χ0) is 6.54. The van der Waals surface area contributed by atoms with E-state index in [0.717, 1.165) is 0 Å². The molecule has 0 aromatic carbocycles. The Hall–Kier alpha value is -0.580. The van der Waals surface area contributed by atoms with Gasteiger partial charge in [-0.25, -0.2) is 4.39 Å². The lowest BCUT2D eigenvalue weighted by Gasteiger charge is -2.65. The molecule has 3 rings (SSSR count). The molecule has 0 amide bonds. The van der Waals surface area contributed by atoms with Gasteiger partial charge in [-0.3, -0.25) is 0 Å². The fourth-order valence-corrected chi connectivity index (χ4v) is 2.22. The molecule has 0 N–H and O–H groups in total. The lowest BCUT2D eigenvalue weighted by molar-refractivity contribution is -0.209. The normalized spacial score (nSPS) is 52.9. The van der Waals surface area contributed by atoms with Crippen LogP contribution in [-0.4, -0.2) is 5.67 Å². The van der Waals surface area contributed by atoms with Gasteiger partial charge in [-0.2, -0.15) is 5.26 Å². The number of hydrogen-bond donors (Lipinski definition) is 0. The molecule has 48 valence electrons. The minimum absolute atomic E-state index is 0.142. The average molecular weight is 125 g/mol. The Morgan fingerprint density at radius 1 is 1.44 bits per heavy atom. The summed E-state index contributed by atoms with van der Waals surface area (Å²) >= 11 is 0. The third-order valence-corrected chi connectivity index (χ3v) is 2.53. The van der Waals surface area contributed by atoms with Gasteiger partial charge in [-0.05, 0) is 24.7 Å². The van der Waals surface area contributed by atoms with Gasteiger partial charge in [-0.15, -0.1) is 0 Å². The molecule has 0 unspecified atom stereocenters. The van der Waals surface area contributed by atoms with Crippen LogP contribution in [0.25, 0.3) is 0 Å². The summed E-state index contributed by atoms with van der Waals surface area (Å²) in [6.45, 7) is 0. The predicted octanol–water partition coefficient (Wildman–Crippen LogP) is 1.79. The predicted molar refractivity (Wildman–Crippen MR) is 30.4 cm³/mol. The van der Waals surface area contributed by atoms with Crippen molar-refractivity contribution >= 4 is 0 Å².